The topological polar surface area (TPSA) is 109 Å². The number of epoxide rings is 1. The Morgan fingerprint density at radius 1 is 1.29 bits per heavy atom. The quantitative estimate of drug-likeness (QED) is 0.325. The first-order chi connectivity index (χ1) is 18.0. The van der Waals surface area contributed by atoms with Gasteiger partial charge in [-0.2, -0.15) is 0 Å². The molecule has 4 rings (SSSR count). The van der Waals surface area contributed by atoms with Crippen LogP contribution in [0.15, 0.2) is 11.0 Å². The summed E-state index contributed by atoms with van der Waals surface area (Å²) in [5, 5.41) is 25.3. The summed E-state index contributed by atoms with van der Waals surface area (Å²) in [6, 6.07) is 0. The molecule has 1 saturated carbocycles. The largest absolute Gasteiger partial charge is 0.458 e. The predicted molar refractivity (Wildman–Crippen MR) is 146 cm³/mol. The lowest BCUT2D eigenvalue weighted by molar-refractivity contribution is -0.162. The van der Waals surface area contributed by atoms with Gasteiger partial charge < -0.3 is 19.7 Å². The number of aliphatic hydroxyl groups is 2. The van der Waals surface area contributed by atoms with Gasteiger partial charge in [-0.05, 0) is 64.0 Å². The van der Waals surface area contributed by atoms with Gasteiger partial charge in [0.1, 0.15) is 11.9 Å². The first-order valence-electron chi connectivity index (χ1n) is 13.8. The molecule has 208 valence electrons. The number of hydrogen-bond donors (Lipinski definition) is 2. The van der Waals surface area contributed by atoms with Crippen LogP contribution in [0.3, 0.4) is 0 Å². The van der Waals surface area contributed by atoms with Crippen LogP contribution in [0.1, 0.15) is 89.3 Å². The van der Waals surface area contributed by atoms with Crippen LogP contribution in [-0.2, 0) is 19.1 Å². The number of fused-ring (bicyclic) bond motifs is 1. The number of thiazole rings is 1. The highest BCUT2D eigenvalue weighted by Gasteiger charge is 2.55. The van der Waals surface area contributed by atoms with E-state index in [1.165, 1.54) is 0 Å². The van der Waals surface area contributed by atoms with E-state index >= 15 is 0 Å². The van der Waals surface area contributed by atoms with Crippen LogP contribution in [0.2, 0.25) is 0 Å². The van der Waals surface area contributed by atoms with Crippen LogP contribution in [0.4, 0.5) is 0 Å². The highest BCUT2D eigenvalue weighted by Crippen LogP contribution is 2.49. The number of rotatable bonds is 3. The third kappa shape index (κ3) is 6.07. The lowest BCUT2D eigenvalue weighted by Gasteiger charge is -2.46. The number of terminal acetylenes is 1. The van der Waals surface area contributed by atoms with Crippen molar-refractivity contribution in [3.63, 3.8) is 0 Å². The SMILES string of the molecule is C#CCC1C(=O)C2(CCC2)C(O)CC(=O)OC(/C(C)=C/c2csc(C)n2)CC2OC2(C)CCCC(C)C1O. The third-order valence-electron chi connectivity index (χ3n) is 8.99. The van der Waals surface area contributed by atoms with E-state index in [1.807, 2.05) is 32.2 Å². The van der Waals surface area contributed by atoms with E-state index in [-0.39, 0.29) is 36.2 Å². The number of hydrogen-bond acceptors (Lipinski definition) is 8. The molecule has 1 aromatic rings. The van der Waals surface area contributed by atoms with Gasteiger partial charge in [-0.1, -0.05) is 19.8 Å². The fourth-order valence-corrected chi connectivity index (χ4v) is 6.74. The van der Waals surface area contributed by atoms with Gasteiger partial charge in [-0.25, -0.2) is 4.98 Å². The summed E-state index contributed by atoms with van der Waals surface area (Å²) in [6.45, 7) is 7.88. The van der Waals surface area contributed by atoms with Gasteiger partial charge in [-0.15, -0.1) is 23.7 Å². The first-order valence-corrected chi connectivity index (χ1v) is 14.7. The number of ether oxygens (including phenoxy) is 2. The lowest BCUT2D eigenvalue weighted by atomic mass is 9.58. The fraction of sp³-hybridized carbons (Fsp3) is 0.700. The summed E-state index contributed by atoms with van der Waals surface area (Å²) in [5.74, 6) is 0.872. The van der Waals surface area contributed by atoms with Crippen LogP contribution in [0.25, 0.3) is 6.08 Å². The zero-order valence-corrected chi connectivity index (χ0v) is 23.8. The average molecular weight is 544 g/mol. The van der Waals surface area contributed by atoms with Gasteiger partial charge in [0.05, 0.1) is 52.4 Å². The van der Waals surface area contributed by atoms with Crippen molar-refractivity contribution >= 4 is 29.2 Å². The molecule has 0 radical (unpaired) electrons. The van der Waals surface area contributed by atoms with E-state index in [2.05, 4.69) is 17.8 Å². The average Bonchev–Trinajstić information content (AvgIpc) is 3.26. The Bertz CT molecular complexity index is 1100. The van der Waals surface area contributed by atoms with E-state index in [0.717, 1.165) is 42.0 Å². The number of carbonyl (C=O) groups is 2. The predicted octanol–water partition coefficient (Wildman–Crippen LogP) is 4.63. The molecular weight excluding hydrogens is 502 g/mol. The zero-order valence-electron chi connectivity index (χ0n) is 22.9. The number of carbonyl (C=O) groups excluding carboxylic acids is 2. The van der Waals surface area contributed by atoms with E-state index in [9.17, 15) is 19.8 Å². The number of aromatic nitrogens is 1. The summed E-state index contributed by atoms with van der Waals surface area (Å²) < 4.78 is 12.0. The smallest absolute Gasteiger partial charge is 0.309 e. The van der Waals surface area contributed by atoms with Crippen molar-refractivity contribution in [1.29, 1.82) is 0 Å². The van der Waals surface area contributed by atoms with Crippen LogP contribution in [-0.4, -0.2) is 57.0 Å². The third-order valence-corrected chi connectivity index (χ3v) is 9.79. The Kier molecular flexibility index (Phi) is 8.83. The number of cyclic esters (lactones) is 1. The molecule has 0 aromatic carbocycles. The molecule has 3 aliphatic rings. The summed E-state index contributed by atoms with van der Waals surface area (Å²) in [5.41, 5.74) is 0.277. The fourth-order valence-electron chi connectivity index (χ4n) is 6.17. The zero-order chi connectivity index (χ0) is 27.7. The van der Waals surface area contributed by atoms with Crippen molar-refractivity contribution in [2.45, 2.75) is 115 Å². The standard InChI is InChI=1S/C30H41NO6S/c1-6-9-22-27(34)18(2)10-7-11-29(5)25(37-29)15-23(19(3)14-21-17-38-20(4)31-21)36-26(33)16-24(32)30(28(22)35)12-8-13-30/h1,14,17-18,22-25,27,32,34H,7-13,15-16H2,2-5H3/b19-14+. The Balaban J connectivity index is 1.61. The molecular formula is C30H41NO6S. The molecule has 38 heavy (non-hydrogen) atoms. The molecule has 1 aromatic heterocycles. The molecule has 8 heteroatoms. The summed E-state index contributed by atoms with van der Waals surface area (Å²) in [7, 11) is 0. The highest BCUT2D eigenvalue weighted by atomic mass is 32.1. The van der Waals surface area contributed by atoms with Gasteiger partial charge in [-0.3, -0.25) is 9.59 Å². The molecule has 3 fully saturated rings. The van der Waals surface area contributed by atoms with Crippen molar-refractivity contribution < 1.29 is 29.3 Å². The van der Waals surface area contributed by atoms with Gasteiger partial charge in [0.25, 0.3) is 0 Å². The van der Waals surface area contributed by atoms with Crippen molar-refractivity contribution in [2.75, 3.05) is 0 Å². The Hall–Kier alpha value is -2.05. The second kappa shape index (κ2) is 11.6. The van der Waals surface area contributed by atoms with E-state index < -0.39 is 35.6 Å². The van der Waals surface area contributed by atoms with Crippen LogP contribution in [0, 0.1) is 36.5 Å². The molecule has 3 heterocycles. The molecule has 1 spiro atoms. The number of nitrogens with zero attached hydrogens (tertiary/aromatic N) is 1. The molecule has 2 saturated heterocycles. The number of esters is 1. The van der Waals surface area contributed by atoms with Crippen LogP contribution >= 0.6 is 11.3 Å². The second-order valence-corrected chi connectivity index (χ2v) is 12.8. The minimum atomic E-state index is -1.19. The van der Waals surface area contributed by atoms with Crippen molar-refractivity contribution in [1.82, 2.24) is 4.98 Å². The molecule has 0 amide bonds. The molecule has 7 nitrogen and oxygen atoms in total. The number of Topliss-reactive ketones (excluding diaryl/α,β-unsaturated/α-hetero) is 1. The van der Waals surface area contributed by atoms with Gasteiger partial charge in [0.15, 0.2) is 0 Å². The van der Waals surface area contributed by atoms with E-state index in [0.29, 0.717) is 19.3 Å². The first kappa shape index (κ1) is 28.9. The van der Waals surface area contributed by atoms with Crippen molar-refractivity contribution in [2.24, 2.45) is 17.3 Å². The van der Waals surface area contributed by atoms with E-state index in [4.69, 9.17) is 15.9 Å². The molecule has 2 aliphatic heterocycles. The lowest BCUT2D eigenvalue weighted by Crippen LogP contribution is -2.53. The Morgan fingerprint density at radius 2 is 2.03 bits per heavy atom. The maximum absolute atomic E-state index is 13.8. The Labute approximate surface area is 230 Å². The molecule has 0 bridgehead atoms. The number of aryl methyl sites for hydroxylation is 1. The maximum Gasteiger partial charge on any atom is 0.309 e. The summed E-state index contributed by atoms with van der Waals surface area (Å²) in [4.78, 5) is 31.5. The maximum atomic E-state index is 13.8. The van der Waals surface area contributed by atoms with Crippen LogP contribution in [0.5, 0.6) is 0 Å². The van der Waals surface area contributed by atoms with Crippen LogP contribution < -0.4 is 0 Å². The minimum absolute atomic E-state index is 0.0624. The van der Waals surface area contributed by atoms with Crippen molar-refractivity contribution in [3.8, 4) is 12.3 Å². The minimum Gasteiger partial charge on any atom is -0.458 e. The number of ketones is 1. The van der Waals surface area contributed by atoms with Crippen molar-refractivity contribution in [3.05, 3.63) is 21.7 Å². The van der Waals surface area contributed by atoms with Gasteiger partial charge in [0, 0.05) is 18.2 Å². The Morgan fingerprint density at radius 3 is 2.63 bits per heavy atom. The summed E-state index contributed by atoms with van der Waals surface area (Å²) in [6.07, 6.45) is 9.26. The second-order valence-electron chi connectivity index (χ2n) is 11.8. The van der Waals surface area contributed by atoms with Gasteiger partial charge >= 0.3 is 5.97 Å². The summed E-state index contributed by atoms with van der Waals surface area (Å²) >= 11 is 1.56. The van der Waals surface area contributed by atoms with E-state index in [1.54, 1.807) is 11.3 Å². The molecule has 1 aliphatic carbocycles. The monoisotopic (exact) mass is 543 g/mol. The molecule has 7 unspecified atom stereocenters. The number of aliphatic hydroxyl groups excluding tert-OH is 2. The molecule has 2 N–H and O–H groups in total. The normalized spacial score (nSPS) is 36.6. The molecule has 7 atom stereocenters. The van der Waals surface area contributed by atoms with Gasteiger partial charge in [0.2, 0.25) is 0 Å². The highest BCUT2D eigenvalue weighted by molar-refractivity contribution is 7.09.